The van der Waals surface area contributed by atoms with Gasteiger partial charge in [0.1, 0.15) is 0 Å². The first-order valence-electron chi connectivity index (χ1n) is 6.37. The molecule has 0 spiro atoms. The highest BCUT2D eigenvalue weighted by Gasteiger charge is 2.37. The maximum Gasteiger partial charge on any atom is 0.334 e. The fraction of sp³-hybridized carbons (Fsp3) is 0.250. The van der Waals surface area contributed by atoms with Crippen molar-refractivity contribution >= 4 is 24.3 Å². The average molecular weight is 326 g/mol. The molecule has 0 saturated heterocycles. The van der Waals surface area contributed by atoms with E-state index in [-0.39, 0.29) is 12.4 Å². The van der Waals surface area contributed by atoms with Crippen molar-refractivity contribution in [1.82, 2.24) is 4.90 Å². The van der Waals surface area contributed by atoms with Crippen molar-refractivity contribution in [2.24, 2.45) is 0 Å². The van der Waals surface area contributed by atoms with Crippen LogP contribution in [0.4, 0.5) is 0 Å². The van der Waals surface area contributed by atoms with E-state index in [1.54, 1.807) is 11.9 Å². The van der Waals surface area contributed by atoms with Crippen LogP contribution in [0.5, 0.6) is 0 Å². The second-order valence-corrected chi connectivity index (χ2v) is 4.49. The Labute approximate surface area is 136 Å². The molecule has 0 aliphatic rings. The van der Waals surface area contributed by atoms with Crippen LogP contribution in [0.25, 0.3) is 0 Å². The highest BCUT2D eigenvalue weighted by Crippen LogP contribution is 2.21. The zero-order chi connectivity index (χ0) is 15.9. The van der Waals surface area contributed by atoms with Crippen molar-refractivity contribution < 1.29 is 19.1 Å². The maximum absolute atomic E-state index is 11.5. The van der Waals surface area contributed by atoms with Crippen LogP contribution in [0.15, 0.2) is 55.6 Å². The Morgan fingerprint density at radius 1 is 1.14 bits per heavy atom. The summed E-state index contributed by atoms with van der Waals surface area (Å²) in [7, 11) is 1.68. The summed E-state index contributed by atoms with van der Waals surface area (Å²) in [5, 5.41) is 0. The Kier molecular flexibility index (Phi) is 8.15. The smallest absolute Gasteiger partial charge is 0.334 e. The Bertz CT molecular complexity index is 508. The van der Waals surface area contributed by atoms with Crippen LogP contribution in [-0.2, 0) is 25.6 Å². The lowest BCUT2D eigenvalue weighted by atomic mass is 10.2. The number of benzene rings is 1. The minimum Gasteiger partial charge on any atom is -0.405 e. The third kappa shape index (κ3) is 5.71. The molecule has 0 bridgehead atoms. The van der Waals surface area contributed by atoms with Gasteiger partial charge in [-0.1, -0.05) is 43.5 Å². The molecule has 6 heteroatoms. The number of esters is 2. The molecule has 0 radical (unpaired) electrons. The third-order valence-electron chi connectivity index (χ3n) is 2.87. The lowest BCUT2D eigenvalue weighted by Gasteiger charge is -2.36. The van der Waals surface area contributed by atoms with E-state index in [1.807, 2.05) is 30.3 Å². The Morgan fingerprint density at radius 3 is 2.00 bits per heavy atom. The first-order chi connectivity index (χ1) is 9.91. The molecular weight excluding hydrogens is 306 g/mol. The van der Waals surface area contributed by atoms with E-state index in [1.165, 1.54) is 6.92 Å². The van der Waals surface area contributed by atoms with E-state index >= 15 is 0 Å². The summed E-state index contributed by atoms with van der Waals surface area (Å²) in [5.74, 6) is -2.92. The van der Waals surface area contributed by atoms with E-state index in [2.05, 4.69) is 13.2 Å². The maximum atomic E-state index is 11.5. The predicted octanol–water partition coefficient (Wildman–Crippen LogP) is 2.67. The normalized spacial score (nSPS) is 10.3. The van der Waals surface area contributed by atoms with E-state index < -0.39 is 17.8 Å². The average Bonchev–Trinajstić information content (AvgIpc) is 2.47. The molecular formula is C16H20ClNO4. The van der Waals surface area contributed by atoms with Crippen molar-refractivity contribution in [1.29, 1.82) is 0 Å². The number of hydrogen-bond acceptors (Lipinski definition) is 5. The monoisotopic (exact) mass is 325 g/mol. The van der Waals surface area contributed by atoms with Gasteiger partial charge < -0.3 is 9.47 Å². The highest BCUT2D eigenvalue weighted by molar-refractivity contribution is 5.85. The van der Waals surface area contributed by atoms with Crippen molar-refractivity contribution in [2.75, 3.05) is 7.05 Å². The summed E-state index contributed by atoms with van der Waals surface area (Å²) < 4.78 is 10.3. The standard InChI is InChI=1S/C16H19NO4.ClH/c1-5-14(18)20-16(3,21-15(19)6-2)17(4)12-13-10-8-7-9-11-13;/h5-11H,1-2,12H2,3-4H3;1H. The van der Waals surface area contributed by atoms with Gasteiger partial charge in [-0.25, -0.2) is 14.5 Å². The van der Waals surface area contributed by atoms with Crippen LogP contribution in [-0.4, -0.2) is 29.8 Å². The Hall–Kier alpha value is -2.11. The van der Waals surface area contributed by atoms with Gasteiger partial charge in [-0.15, -0.1) is 12.4 Å². The summed E-state index contributed by atoms with van der Waals surface area (Å²) in [6, 6.07) is 9.53. The van der Waals surface area contributed by atoms with Crippen molar-refractivity contribution in [3.63, 3.8) is 0 Å². The molecule has 1 aromatic rings. The van der Waals surface area contributed by atoms with E-state index in [0.717, 1.165) is 17.7 Å². The molecule has 120 valence electrons. The van der Waals surface area contributed by atoms with E-state index in [9.17, 15) is 9.59 Å². The molecule has 0 heterocycles. The van der Waals surface area contributed by atoms with Gasteiger partial charge in [-0.2, -0.15) is 0 Å². The summed E-state index contributed by atoms with van der Waals surface area (Å²) in [6.07, 6.45) is 2.02. The van der Waals surface area contributed by atoms with Gasteiger partial charge in [-0.05, 0) is 12.6 Å². The fourth-order valence-corrected chi connectivity index (χ4v) is 1.63. The summed E-state index contributed by atoms with van der Waals surface area (Å²) >= 11 is 0. The number of hydrogen-bond donors (Lipinski definition) is 0. The number of carbonyl (C=O) groups excluding carboxylic acids is 2. The first kappa shape index (κ1) is 19.9. The van der Waals surface area contributed by atoms with E-state index in [4.69, 9.17) is 9.47 Å². The summed E-state index contributed by atoms with van der Waals surface area (Å²) in [6.45, 7) is 8.58. The van der Waals surface area contributed by atoms with Gasteiger partial charge >= 0.3 is 17.8 Å². The van der Waals surface area contributed by atoms with Crippen LogP contribution in [0.3, 0.4) is 0 Å². The minimum atomic E-state index is -1.55. The number of carbonyl (C=O) groups is 2. The lowest BCUT2D eigenvalue weighted by molar-refractivity contribution is -0.271. The van der Waals surface area contributed by atoms with Gasteiger partial charge in [0.15, 0.2) is 0 Å². The molecule has 0 fully saturated rings. The Balaban J connectivity index is 0.00000441. The molecule has 0 N–H and O–H groups in total. The zero-order valence-corrected chi connectivity index (χ0v) is 13.5. The van der Waals surface area contributed by atoms with Crippen LogP contribution in [0, 0.1) is 0 Å². The molecule has 0 amide bonds. The summed E-state index contributed by atoms with van der Waals surface area (Å²) in [5.41, 5.74) is 0.982. The first-order valence-corrected chi connectivity index (χ1v) is 6.37. The molecule has 1 aromatic carbocycles. The van der Waals surface area contributed by atoms with Crippen LogP contribution in [0.2, 0.25) is 0 Å². The molecule has 0 saturated carbocycles. The molecule has 0 aliphatic heterocycles. The van der Waals surface area contributed by atoms with Gasteiger partial charge in [0.25, 0.3) is 0 Å². The number of halogens is 1. The molecule has 1 rings (SSSR count). The molecule has 0 aromatic heterocycles. The van der Waals surface area contributed by atoms with Crippen LogP contribution in [0.1, 0.15) is 12.5 Å². The topological polar surface area (TPSA) is 55.8 Å². The largest absolute Gasteiger partial charge is 0.405 e. The van der Waals surface area contributed by atoms with Crippen molar-refractivity contribution in [2.45, 2.75) is 19.4 Å². The predicted molar refractivity (Wildman–Crippen MR) is 86.1 cm³/mol. The molecule has 22 heavy (non-hydrogen) atoms. The minimum absolute atomic E-state index is 0. The Morgan fingerprint density at radius 2 is 1.59 bits per heavy atom. The fourth-order valence-electron chi connectivity index (χ4n) is 1.63. The number of rotatable bonds is 7. The van der Waals surface area contributed by atoms with Gasteiger partial charge in [0, 0.05) is 25.6 Å². The quantitative estimate of drug-likeness (QED) is 0.438. The molecule has 0 atom stereocenters. The second-order valence-electron chi connectivity index (χ2n) is 4.49. The van der Waals surface area contributed by atoms with Crippen LogP contribution >= 0.6 is 12.4 Å². The number of nitrogens with zero attached hydrogens (tertiary/aromatic N) is 1. The second kappa shape index (κ2) is 9.02. The molecule has 0 aliphatic carbocycles. The van der Waals surface area contributed by atoms with Gasteiger partial charge in [0.05, 0.1) is 0 Å². The third-order valence-corrected chi connectivity index (χ3v) is 2.87. The van der Waals surface area contributed by atoms with Gasteiger partial charge in [0.2, 0.25) is 0 Å². The zero-order valence-electron chi connectivity index (χ0n) is 12.7. The van der Waals surface area contributed by atoms with Crippen LogP contribution < -0.4 is 0 Å². The number of ether oxygens (including phenoxy) is 2. The highest BCUT2D eigenvalue weighted by atomic mass is 35.5. The lowest BCUT2D eigenvalue weighted by Crippen LogP contribution is -2.50. The van der Waals surface area contributed by atoms with E-state index in [0.29, 0.717) is 6.54 Å². The summed E-state index contributed by atoms with van der Waals surface area (Å²) in [4.78, 5) is 24.5. The van der Waals surface area contributed by atoms with Gasteiger partial charge in [-0.3, -0.25) is 0 Å². The van der Waals surface area contributed by atoms with Crippen molar-refractivity contribution in [3.05, 3.63) is 61.2 Å². The molecule has 0 unspecified atom stereocenters. The molecule has 5 nitrogen and oxygen atoms in total. The van der Waals surface area contributed by atoms with Crippen molar-refractivity contribution in [3.8, 4) is 0 Å². The SMILES string of the molecule is C=CC(=O)OC(C)(OC(=O)C=C)N(C)Cc1ccccc1.Cl.